The normalized spacial score (nSPS) is 15.8. The first-order valence-electron chi connectivity index (χ1n) is 8.39. The number of benzene rings is 1. The Morgan fingerprint density at radius 3 is 2.80 bits per heavy atom. The summed E-state index contributed by atoms with van der Waals surface area (Å²) < 4.78 is 0. The molecule has 126 valence electrons. The van der Waals surface area contributed by atoms with Crippen molar-refractivity contribution in [1.29, 1.82) is 0 Å². The molecule has 2 heterocycles. The fraction of sp³-hybridized carbons (Fsp3) is 0.250. The number of amides is 1. The number of rotatable bonds is 3. The molecule has 5 heteroatoms. The number of hydrogen-bond acceptors (Lipinski definition) is 4. The van der Waals surface area contributed by atoms with Gasteiger partial charge in [-0.2, -0.15) is 0 Å². The standard InChI is InChI=1S/C20H19N3OS/c1-13-18(25-19(22-13)16-9-5-6-12-21-16)20(24)23(2)17-11-10-14-7-3-4-8-15(14)17/h3-9,12,17H,10-11H2,1-2H3/t17-/m0/s1. The molecule has 0 radical (unpaired) electrons. The number of aromatic nitrogens is 2. The zero-order valence-corrected chi connectivity index (χ0v) is 15.1. The van der Waals surface area contributed by atoms with Crippen LogP contribution in [-0.4, -0.2) is 27.8 Å². The maximum absolute atomic E-state index is 13.1. The van der Waals surface area contributed by atoms with Crippen LogP contribution in [0.15, 0.2) is 48.7 Å². The number of hydrogen-bond donors (Lipinski definition) is 0. The van der Waals surface area contributed by atoms with Crippen molar-refractivity contribution < 1.29 is 4.79 Å². The molecule has 1 aliphatic rings. The summed E-state index contributed by atoms with van der Waals surface area (Å²) in [7, 11) is 1.90. The number of pyridine rings is 1. The van der Waals surface area contributed by atoms with E-state index in [1.54, 1.807) is 6.20 Å². The van der Waals surface area contributed by atoms with E-state index < -0.39 is 0 Å². The molecule has 4 nitrogen and oxygen atoms in total. The average molecular weight is 349 g/mol. The Hall–Kier alpha value is -2.53. The summed E-state index contributed by atoms with van der Waals surface area (Å²) in [6.07, 6.45) is 3.75. The summed E-state index contributed by atoms with van der Waals surface area (Å²) >= 11 is 1.42. The van der Waals surface area contributed by atoms with E-state index in [2.05, 4.69) is 28.2 Å². The maximum Gasteiger partial charge on any atom is 0.266 e. The molecule has 0 aliphatic heterocycles. The molecule has 2 aromatic heterocycles. The Morgan fingerprint density at radius 1 is 1.20 bits per heavy atom. The van der Waals surface area contributed by atoms with Crippen LogP contribution in [-0.2, 0) is 6.42 Å². The molecule has 3 aromatic rings. The van der Waals surface area contributed by atoms with Gasteiger partial charge in [0.1, 0.15) is 9.88 Å². The van der Waals surface area contributed by atoms with Crippen molar-refractivity contribution >= 4 is 17.2 Å². The lowest BCUT2D eigenvalue weighted by Crippen LogP contribution is -2.30. The van der Waals surface area contributed by atoms with Crippen molar-refractivity contribution in [2.75, 3.05) is 7.05 Å². The molecule has 0 saturated heterocycles. The third-order valence-electron chi connectivity index (χ3n) is 4.76. The summed E-state index contributed by atoms with van der Waals surface area (Å²) in [5, 5.41) is 0.793. The number of nitrogens with zero attached hydrogens (tertiary/aromatic N) is 3. The molecular weight excluding hydrogens is 330 g/mol. The van der Waals surface area contributed by atoms with Gasteiger partial charge in [-0.05, 0) is 43.0 Å². The summed E-state index contributed by atoms with van der Waals surface area (Å²) in [5.74, 6) is 0.0406. The first-order valence-corrected chi connectivity index (χ1v) is 9.20. The second kappa shape index (κ2) is 6.41. The van der Waals surface area contributed by atoms with E-state index in [0.717, 1.165) is 29.2 Å². The van der Waals surface area contributed by atoms with E-state index in [-0.39, 0.29) is 11.9 Å². The van der Waals surface area contributed by atoms with Crippen molar-refractivity contribution in [3.8, 4) is 10.7 Å². The van der Waals surface area contributed by atoms with E-state index in [1.165, 1.54) is 22.5 Å². The van der Waals surface area contributed by atoms with Crippen molar-refractivity contribution in [1.82, 2.24) is 14.9 Å². The van der Waals surface area contributed by atoms with Gasteiger partial charge in [-0.25, -0.2) is 4.98 Å². The highest BCUT2D eigenvalue weighted by Crippen LogP contribution is 2.36. The highest BCUT2D eigenvalue weighted by molar-refractivity contribution is 7.17. The average Bonchev–Trinajstić information content (AvgIpc) is 3.25. The Labute approximate surface area is 151 Å². The van der Waals surface area contributed by atoms with Gasteiger partial charge in [0.2, 0.25) is 0 Å². The largest absolute Gasteiger partial charge is 0.334 e. The van der Waals surface area contributed by atoms with E-state index in [4.69, 9.17) is 0 Å². The molecule has 0 N–H and O–H groups in total. The topological polar surface area (TPSA) is 46.1 Å². The van der Waals surface area contributed by atoms with Gasteiger partial charge in [-0.3, -0.25) is 9.78 Å². The van der Waals surface area contributed by atoms with Crippen LogP contribution in [0.2, 0.25) is 0 Å². The van der Waals surface area contributed by atoms with E-state index in [9.17, 15) is 4.79 Å². The van der Waals surface area contributed by atoms with Crippen LogP contribution in [0.3, 0.4) is 0 Å². The third kappa shape index (κ3) is 2.85. The Balaban J connectivity index is 1.62. The van der Waals surface area contributed by atoms with Gasteiger partial charge in [-0.15, -0.1) is 11.3 Å². The molecule has 1 aromatic carbocycles. The molecule has 0 bridgehead atoms. The molecule has 1 amide bonds. The van der Waals surface area contributed by atoms with Crippen molar-refractivity contribution in [3.63, 3.8) is 0 Å². The van der Waals surface area contributed by atoms with Gasteiger partial charge in [0.25, 0.3) is 5.91 Å². The zero-order valence-electron chi connectivity index (χ0n) is 14.3. The van der Waals surface area contributed by atoms with E-state index in [1.807, 2.05) is 43.1 Å². The fourth-order valence-corrected chi connectivity index (χ4v) is 4.46. The molecule has 0 spiro atoms. The Morgan fingerprint density at radius 2 is 2.00 bits per heavy atom. The van der Waals surface area contributed by atoms with Crippen LogP contribution < -0.4 is 0 Å². The van der Waals surface area contributed by atoms with E-state index >= 15 is 0 Å². The smallest absolute Gasteiger partial charge is 0.266 e. The third-order valence-corrected chi connectivity index (χ3v) is 5.93. The molecule has 25 heavy (non-hydrogen) atoms. The minimum absolute atomic E-state index is 0.0406. The van der Waals surface area contributed by atoms with Crippen molar-refractivity contribution in [3.05, 3.63) is 70.4 Å². The summed E-state index contributed by atoms with van der Waals surface area (Å²) in [4.78, 5) is 24.6. The van der Waals surface area contributed by atoms with Crippen LogP contribution in [0.4, 0.5) is 0 Å². The van der Waals surface area contributed by atoms with Gasteiger partial charge in [-0.1, -0.05) is 30.3 Å². The van der Waals surface area contributed by atoms with Crippen molar-refractivity contribution in [2.45, 2.75) is 25.8 Å². The van der Waals surface area contributed by atoms with Crippen LogP contribution in [0.25, 0.3) is 10.7 Å². The second-order valence-corrected chi connectivity index (χ2v) is 7.32. The highest BCUT2D eigenvalue weighted by Gasteiger charge is 2.30. The number of carbonyl (C=O) groups is 1. The predicted octanol–water partition coefficient (Wildman–Crippen LogP) is 4.27. The second-order valence-electron chi connectivity index (χ2n) is 6.32. The summed E-state index contributed by atoms with van der Waals surface area (Å²) in [6, 6.07) is 14.3. The lowest BCUT2D eigenvalue weighted by atomic mass is 10.1. The fourth-order valence-electron chi connectivity index (χ4n) is 3.43. The number of aryl methyl sites for hydroxylation is 2. The molecule has 0 fully saturated rings. The lowest BCUT2D eigenvalue weighted by molar-refractivity contribution is 0.0734. The van der Waals surface area contributed by atoms with Crippen LogP contribution >= 0.6 is 11.3 Å². The first kappa shape index (κ1) is 16.0. The molecule has 1 atom stereocenters. The van der Waals surface area contributed by atoms with Gasteiger partial charge in [0, 0.05) is 13.2 Å². The lowest BCUT2D eigenvalue weighted by Gasteiger charge is -2.25. The van der Waals surface area contributed by atoms with Crippen LogP contribution in [0.1, 0.15) is 39.0 Å². The highest BCUT2D eigenvalue weighted by atomic mass is 32.1. The molecule has 1 aliphatic carbocycles. The van der Waals surface area contributed by atoms with Gasteiger partial charge in [0.15, 0.2) is 0 Å². The monoisotopic (exact) mass is 349 g/mol. The van der Waals surface area contributed by atoms with Crippen LogP contribution in [0, 0.1) is 6.92 Å². The molecular formula is C20H19N3OS. The Bertz CT molecular complexity index is 920. The van der Waals surface area contributed by atoms with Gasteiger partial charge >= 0.3 is 0 Å². The van der Waals surface area contributed by atoms with E-state index in [0.29, 0.717) is 4.88 Å². The van der Waals surface area contributed by atoms with Crippen LogP contribution in [0.5, 0.6) is 0 Å². The predicted molar refractivity (Wildman–Crippen MR) is 99.7 cm³/mol. The summed E-state index contributed by atoms with van der Waals surface area (Å²) in [5.41, 5.74) is 4.20. The van der Waals surface area contributed by atoms with Crippen molar-refractivity contribution in [2.24, 2.45) is 0 Å². The minimum Gasteiger partial charge on any atom is -0.334 e. The quantitative estimate of drug-likeness (QED) is 0.709. The summed E-state index contributed by atoms with van der Waals surface area (Å²) in [6.45, 7) is 1.90. The molecule has 0 saturated carbocycles. The number of fused-ring (bicyclic) bond motifs is 1. The van der Waals surface area contributed by atoms with Gasteiger partial charge in [0.05, 0.1) is 17.4 Å². The number of carbonyl (C=O) groups excluding carboxylic acids is 1. The maximum atomic E-state index is 13.1. The Kier molecular flexibility index (Phi) is 4.09. The SMILES string of the molecule is Cc1nc(-c2ccccn2)sc1C(=O)N(C)[C@H]1CCc2ccccc21. The van der Waals surface area contributed by atoms with Gasteiger partial charge < -0.3 is 4.90 Å². The minimum atomic E-state index is 0.0406. The molecule has 0 unspecified atom stereocenters. The zero-order chi connectivity index (χ0) is 17.4. The molecule has 4 rings (SSSR count). The number of thiazole rings is 1. The first-order chi connectivity index (χ1) is 12.1.